The molecule has 0 amide bonds. The van der Waals surface area contributed by atoms with Gasteiger partial charge in [0.15, 0.2) is 0 Å². The summed E-state index contributed by atoms with van der Waals surface area (Å²) in [6, 6.07) is 11.2. The highest BCUT2D eigenvalue weighted by Gasteiger charge is 2.20. The molecule has 0 unspecified atom stereocenters. The molecular formula is C18H24Cl3N3O. The second-order valence-electron chi connectivity index (χ2n) is 6.01. The van der Waals surface area contributed by atoms with Crippen molar-refractivity contribution >= 4 is 48.6 Å². The first-order chi connectivity index (χ1) is 10.9. The highest BCUT2D eigenvalue weighted by molar-refractivity contribution is 5.86. The molecule has 2 aliphatic heterocycles. The summed E-state index contributed by atoms with van der Waals surface area (Å²) in [5, 5.41) is 3.45. The number of para-hydroxylation sites is 1. The molecule has 1 N–H and O–H groups in total. The number of nitrogens with zero attached hydrogens (tertiary/aromatic N) is 2. The van der Waals surface area contributed by atoms with Gasteiger partial charge in [0.25, 0.3) is 0 Å². The van der Waals surface area contributed by atoms with Crippen LogP contribution in [-0.4, -0.2) is 30.7 Å². The van der Waals surface area contributed by atoms with Crippen LogP contribution < -0.4 is 15.0 Å². The summed E-state index contributed by atoms with van der Waals surface area (Å²) in [5.41, 5.74) is 3.81. The van der Waals surface area contributed by atoms with Gasteiger partial charge in [0.2, 0.25) is 0 Å². The Morgan fingerprint density at radius 2 is 2.00 bits per heavy atom. The summed E-state index contributed by atoms with van der Waals surface area (Å²) in [5.74, 6) is 0.857. The molecule has 1 aromatic heterocycles. The van der Waals surface area contributed by atoms with Crippen molar-refractivity contribution in [2.75, 3.05) is 24.6 Å². The maximum atomic E-state index is 5.93. The van der Waals surface area contributed by atoms with Crippen LogP contribution in [0.5, 0.6) is 5.75 Å². The molecule has 4 nitrogen and oxygen atoms in total. The van der Waals surface area contributed by atoms with Gasteiger partial charge in [-0.15, -0.1) is 37.2 Å². The van der Waals surface area contributed by atoms with E-state index in [1.165, 1.54) is 24.1 Å². The van der Waals surface area contributed by atoms with Gasteiger partial charge in [0.1, 0.15) is 12.4 Å². The molecule has 25 heavy (non-hydrogen) atoms. The van der Waals surface area contributed by atoms with Crippen molar-refractivity contribution in [2.45, 2.75) is 25.3 Å². The number of halogens is 3. The predicted octanol–water partition coefficient (Wildman–Crippen LogP) is 4.17. The van der Waals surface area contributed by atoms with Gasteiger partial charge >= 0.3 is 0 Å². The van der Waals surface area contributed by atoms with Crippen molar-refractivity contribution in [3.8, 4) is 5.75 Å². The van der Waals surface area contributed by atoms with Gasteiger partial charge in [-0.3, -0.25) is 4.98 Å². The first-order valence-corrected chi connectivity index (χ1v) is 8.07. The average Bonchev–Trinajstić information content (AvgIpc) is 3.23. The molecule has 3 heterocycles. The summed E-state index contributed by atoms with van der Waals surface area (Å²) in [4.78, 5) is 6.68. The smallest absolute Gasteiger partial charge is 0.139 e. The molecule has 7 heteroatoms. The first kappa shape index (κ1) is 21.8. The molecule has 0 radical (unpaired) electrons. The number of hydrogen-bond acceptors (Lipinski definition) is 4. The Labute approximate surface area is 167 Å². The van der Waals surface area contributed by atoms with Crippen molar-refractivity contribution < 1.29 is 4.74 Å². The average molecular weight is 405 g/mol. The van der Waals surface area contributed by atoms with Crippen molar-refractivity contribution in [1.29, 1.82) is 0 Å². The third kappa shape index (κ3) is 4.91. The van der Waals surface area contributed by atoms with Gasteiger partial charge in [0.05, 0.1) is 18.1 Å². The van der Waals surface area contributed by atoms with E-state index in [9.17, 15) is 0 Å². The Bertz CT molecular complexity index is 666. The Morgan fingerprint density at radius 3 is 2.80 bits per heavy atom. The molecule has 2 aliphatic rings. The van der Waals surface area contributed by atoms with Crippen molar-refractivity contribution in [1.82, 2.24) is 10.3 Å². The Morgan fingerprint density at radius 1 is 1.16 bits per heavy atom. The molecule has 0 aliphatic carbocycles. The van der Waals surface area contributed by atoms with E-state index in [0.29, 0.717) is 6.04 Å². The van der Waals surface area contributed by atoms with Gasteiger partial charge in [-0.25, -0.2) is 0 Å². The monoisotopic (exact) mass is 403 g/mol. The minimum absolute atomic E-state index is 0. The van der Waals surface area contributed by atoms with Crippen LogP contribution in [0.15, 0.2) is 42.7 Å². The summed E-state index contributed by atoms with van der Waals surface area (Å²) in [7, 11) is 0. The van der Waals surface area contributed by atoms with Gasteiger partial charge in [-0.2, -0.15) is 0 Å². The third-order valence-corrected chi connectivity index (χ3v) is 4.51. The summed E-state index contributed by atoms with van der Waals surface area (Å²) in [6.45, 7) is 2.84. The van der Waals surface area contributed by atoms with Crippen LogP contribution in [0.25, 0.3) is 0 Å². The Balaban J connectivity index is 0.00000104. The van der Waals surface area contributed by atoms with Gasteiger partial charge in [0, 0.05) is 24.3 Å². The van der Waals surface area contributed by atoms with E-state index in [1.54, 1.807) is 6.20 Å². The lowest BCUT2D eigenvalue weighted by Gasteiger charge is -2.20. The number of benzene rings is 1. The number of rotatable bonds is 4. The molecule has 0 spiro atoms. The van der Waals surface area contributed by atoms with E-state index in [2.05, 4.69) is 45.5 Å². The van der Waals surface area contributed by atoms with Crippen LogP contribution in [-0.2, 0) is 6.42 Å². The maximum Gasteiger partial charge on any atom is 0.139 e. The lowest BCUT2D eigenvalue weighted by atomic mass is 10.2. The molecule has 1 fully saturated rings. The number of nitrogens with one attached hydrogen (secondary N) is 1. The zero-order chi connectivity index (χ0) is 14.8. The van der Waals surface area contributed by atoms with Crippen molar-refractivity contribution in [3.05, 3.63) is 48.3 Å². The molecule has 2 aromatic rings. The maximum absolute atomic E-state index is 5.93. The second-order valence-corrected chi connectivity index (χ2v) is 6.01. The highest BCUT2D eigenvalue weighted by atomic mass is 35.5. The van der Waals surface area contributed by atoms with Crippen LogP contribution in [0.4, 0.5) is 11.4 Å². The quantitative estimate of drug-likeness (QED) is 0.830. The van der Waals surface area contributed by atoms with Crippen molar-refractivity contribution in [3.63, 3.8) is 0 Å². The predicted molar refractivity (Wildman–Crippen MR) is 110 cm³/mol. The fraction of sp³-hybridized carbons (Fsp3) is 0.389. The van der Waals surface area contributed by atoms with E-state index < -0.39 is 0 Å². The number of pyridine rings is 1. The van der Waals surface area contributed by atoms with E-state index in [0.717, 1.165) is 37.6 Å². The number of aromatic nitrogens is 1. The summed E-state index contributed by atoms with van der Waals surface area (Å²) < 4.78 is 5.93. The lowest BCUT2D eigenvalue weighted by Crippen LogP contribution is -2.28. The van der Waals surface area contributed by atoms with E-state index in [1.807, 2.05) is 6.20 Å². The van der Waals surface area contributed by atoms with Gasteiger partial charge in [-0.05, 0) is 37.4 Å². The van der Waals surface area contributed by atoms with Crippen molar-refractivity contribution in [2.24, 2.45) is 0 Å². The summed E-state index contributed by atoms with van der Waals surface area (Å²) >= 11 is 0. The lowest BCUT2D eigenvalue weighted by molar-refractivity contribution is 0.276. The van der Waals surface area contributed by atoms with E-state index in [-0.39, 0.29) is 37.2 Å². The second kappa shape index (κ2) is 10.1. The van der Waals surface area contributed by atoms with Crippen LogP contribution in [0.3, 0.4) is 0 Å². The third-order valence-electron chi connectivity index (χ3n) is 4.51. The molecule has 4 rings (SSSR count). The van der Waals surface area contributed by atoms with Crippen LogP contribution in [0, 0.1) is 0 Å². The minimum Gasteiger partial charge on any atom is -0.490 e. The number of hydrogen-bond donors (Lipinski definition) is 1. The zero-order valence-electron chi connectivity index (χ0n) is 13.9. The molecule has 138 valence electrons. The summed E-state index contributed by atoms with van der Waals surface area (Å²) in [6.07, 6.45) is 7.26. The standard InChI is InChI=1S/C18H21N3O.3ClH/c1-2-6-18-14(4-1)7-9-21(18)16-10-17(12-19-11-16)22-13-15-5-3-8-20-15;;;/h1-2,4,6,10-12,15,20H,3,5,7-9,13H2;3*1H/t15-;;;/m0.../s1. The molecule has 0 bridgehead atoms. The molecule has 1 atom stereocenters. The number of anilines is 2. The Kier molecular flexibility index (Phi) is 8.80. The molecule has 0 saturated carbocycles. The normalized spacial score (nSPS) is 17.8. The largest absolute Gasteiger partial charge is 0.490 e. The van der Waals surface area contributed by atoms with E-state index >= 15 is 0 Å². The van der Waals surface area contributed by atoms with Gasteiger partial charge < -0.3 is 15.0 Å². The van der Waals surface area contributed by atoms with E-state index in [4.69, 9.17) is 4.74 Å². The number of fused-ring (bicyclic) bond motifs is 1. The highest BCUT2D eigenvalue weighted by Crippen LogP contribution is 2.34. The van der Waals surface area contributed by atoms with Gasteiger partial charge in [-0.1, -0.05) is 18.2 Å². The Hall–Kier alpha value is -1.20. The SMILES string of the molecule is Cl.Cl.Cl.c1ccc2c(c1)CCN2c1cncc(OC[C@@H]2CCCN2)c1. The topological polar surface area (TPSA) is 37.4 Å². The fourth-order valence-electron chi connectivity index (χ4n) is 3.34. The molecule has 1 saturated heterocycles. The van der Waals surface area contributed by atoms with Crippen LogP contribution in [0.1, 0.15) is 18.4 Å². The zero-order valence-corrected chi connectivity index (χ0v) is 16.3. The fourth-order valence-corrected chi connectivity index (χ4v) is 3.34. The minimum atomic E-state index is 0. The van der Waals surface area contributed by atoms with Crippen LogP contribution >= 0.6 is 37.2 Å². The first-order valence-electron chi connectivity index (χ1n) is 8.07. The number of ether oxygens (including phenoxy) is 1. The van der Waals surface area contributed by atoms with Crippen LogP contribution in [0.2, 0.25) is 0 Å². The molecule has 1 aromatic carbocycles. The molecular weight excluding hydrogens is 381 g/mol.